The van der Waals surface area contributed by atoms with Crippen molar-refractivity contribution in [2.75, 3.05) is 6.54 Å². The van der Waals surface area contributed by atoms with Crippen LogP contribution in [-0.2, 0) is 5.60 Å². The van der Waals surface area contributed by atoms with Crippen LogP contribution in [0.2, 0.25) is 0 Å². The predicted molar refractivity (Wildman–Crippen MR) is 70.3 cm³/mol. The van der Waals surface area contributed by atoms with Gasteiger partial charge in [0.2, 0.25) is 0 Å². The molecule has 2 N–H and O–H groups in total. The van der Waals surface area contributed by atoms with Crippen molar-refractivity contribution < 1.29 is 9.52 Å². The van der Waals surface area contributed by atoms with E-state index < -0.39 is 5.60 Å². The summed E-state index contributed by atoms with van der Waals surface area (Å²) in [5.41, 5.74) is -0.906. The van der Waals surface area contributed by atoms with Gasteiger partial charge in [0.1, 0.15) is 17.1 Å². The molecule has 0 radical (unpaired) electrons. The highest BCUT2D eigenvalue weighted by Gasteiger charge is 2.42. The van der Waals surface area contributed by atoms with Crippen molar-refractivity contribution in [3.8, 4) is 0 Å². The third-order valence-electron chi connectivity index (χ3n) is 4.21. The third kappa shape index (κ3) is 2.62. The Kier molecular flexibility index (Phi) is 2.99. The summed E-state index contributed by atoms with van der Waals surface area (Å²) in [6.45, 7) is 4.32. The fourth-order valence-electron chi connectivity index (χ4n) is 2.76. The molecule has 18 heavy (non-hydrogen) atoms. The molecule has 2 saturated carbocycles. The summed E-state index contributed by atoms with van der Waals surface area (Å²) in [5, 5.41) is 14.1. The highest BCUT2D eigenvalue weighted by atomic mass is 16.4. The SMILES string of the molecule is Cc1ccc(C(C)(O)CNC(C2CC2)C2CC2)o1. The first-order valence-corrected chi connectivity index (χ1v) is 7.09. The summed E-state index contributed by atoms with van der Waals surface area (Å²) < 4.78 is 5.54. The van der Waals surface area contributed by atoms with Crippen molar-refractivity contribution in [3.05, 3.63) is 23.7 Å². The van der Waals surface area contributed by atoms with Crippen molar-refractivity contribution in [1.29, 1.82) is 0 Å². The molecule has 0 bridgehead atoms. The Labute approximate surface area is 109 Å². The minimum atomic E-state index is -0.906. The van der Waals surface area contributed by atoms with E-state index in [1.807, 2.05) is 26.0 Å². The average molecular weight is 249 g/mol. The molecule has 0 spiro atoms. The van der Waals surface area contributed by atoms with Gasteiger partial charge in [-0.25, -0.2) is 0 Å². The maximum atomic E-state index is 10.5. The van der Waals surface area contributed by atoms with Gasteiger partial charge < -0.3 is 14.8 Å². The van der Waals surface area contributed by atoms with Crippen molar-refractivity contribution in [2.45, 2.75) is 51.2 Å². The number of hydrogen-bond donors (Lipinski definition) is 2. The highest BCUT2D eigenvalue weighted by Crippen LogP contribution is 2.44. The van der Waals surface area contributed by atoms with Crippen molar-refractivity contribution >= 4 is 0 Å². The summed E-state index contributed by atoms with van der Waals surface area (Å²) in [4.78, 5) is 0. The second-order valence-electron chi connectivity index (χ2n) is 6.27. The third-order valence-corrected chi connectivity index (χ3v) is 4.21. The van der Waals surface area contributed by atoms with Gasteiger partial charge in [-0.1, -0.05) is 0 Å². The number of aliphatic hydroxyl groups is 1. The average Bonchev–Trinajstić information content (AvgIpc) is 3.21. The molecule has 0 amide bonds. The number of hydrogen-bond acceptors (Lipinski definition) is 3. The summed E-state index contributed by atoms with van der Waals surface area (Å²) in [7, 11) is 0. The molecule has 1 unspecified atom stereocenters. The zero-order chi connectivity index (χ0) is 12.8. The summed E-state index contributed by atoms with van der Waals surface area (Å²) in [6.07, 6.45) is 5.43. The normalized spacial score (nSPS) is 23.3. The van der Waals surface area contributed by atoms with E-state index in [9.17, 15) is 5.11 Å². The molecular formula is C15H23NO2. The number of aryl methyl sites for hydroxylation is 1. The zero-order valence-corrected chi connectivity index (χ0v) is 11.3. The van der Waals surface area contributed by atoms with E-state index in [0.717, 1.165) is 17.6 Å². The molecule has 1 atom stereocenters. The van der Waals surface area contributed by atoms with E-state index >= 15 is 0 Å². The molecule has 0 saturated heterocycles. The summed E-state index contributed by atoms with van der Waals surface area (Å²) >= 11 is 0. The van der Waals surface area contributed by atoms with Crippen LogP contribution in [0.3, 0.4) is 0 Å². The molecule has 2 fully saturated rings. The Balaban J connectivity index is 1.60. The largest absolute Gasteiger partial charge is 0.463 e. The van der Waals surface area contributed by atoms with Gasteiger partial charge in [0, 0.05) is 12.6 Å². The van der Waals surface area contributed by atoms with Crippen molar-refractivity contribution in [3.63, 3.8) is 0 Å². The minimum Gasteiger partial charge on any atom is -0.463 e. The maximum Gasteiger partial charge on any atom is 0.136 e. The minimum absolute atomic E-state index is 0.581. The van der Waals surface area contributed by atoms with E-state index in [0.29, 0.717) is 18.3 Å². The second kappa shape index (κ2) is 4.39. The predicted octanol–water partition coefficient (Wildman–Crippen LogP) is 2.57. The lowest BCUT2D eigenvalue weighted by Gasteiger charge is -2.26. The number of nitrogens with one attached hydrogen (secondary N) is 1. The van der Waals surface area contributed by atoms with E-state index in [1.54, 1.807) is 0 Å². The van der Waals surface area contributed by atoms with Crippen LogP contribution < -0.4 is 5.32 Å². The quantitative estimate of drug-likeness (QED) is 0.814. The molecule has 0 aromatic carbocycles. The Bertz CT molecular complexity index is 404. The fraction of sp³-hybridized carbons (Fsp3) is 0.733. The van der Waals surface area contributed by atoms with Crippen LogP contribution in [0, 0.1) is 18.8 Å². The van der Waals surface area contributed by atoms with E-state index in [2.05, 4.69) is 5.32 Å². The first kappa shape index (κ1) is 12.2. The van der Waals surface area contributed by atoms with Gasteiger partial charge >= 0.3 is 0 Å². The van der Waals surface area contributed by atoms with Gasteiger partial charge in [0.25, 0.3) is 0 Å². The van der Waals surface area contributed by atoms with Crippen LogP contribution in [0.1, 0.15) is 44.1 Å². The van der Waals surface area contributed by atoms with Gasteiger partial charge in [-0.05, 0) is 63.5 Å². The standard InChI is InChI=1S/C15H23NO2/c1-10-3-8-13(18-10)15(2,17)9-16-14(11-4-5-11)12-6-7-12/h3,8,11-12,14,16-17H,4-7,9H2,1-2H3. The fourth-order valence-corrected chi connectivity index (χ4v) is 2.76. The van der Waals surface area contributed by atoms with Gasteiger partial charge in [0.05, 0.1) is 0 Å². The van der Waals surface area contributed by atoms with Crippen LogP contribution in [0.15, 0.2) is 16.5 Å². The summed E-state index contributed by atoms with van der Waals surface area (Å²) in [6, 6.07) is 4.40. The van der Waals surface area contributed by atoms with Gasteiger partial charge in [-0.3, -0.25) is 0 Å². The van der Waals surface area contributed by atoms with Gasteiger partial charge in [0.15, 0.2) is 0 Å². The Morgan fingerprint density at radius 2 is 1.94 bits per heavy atom. The van der Waals surface area contributed by atoms with E-state index in [-0.39, 0.29) is 0 Å². The smallest absolute Gasteiger partial charge is 0.136 e. The van der Waals surface area contributed by atoms with Gasteiger partial charge in [-0.15, -0.1) is 0 Å². The molecule has 1 aromatic heterocycles. The van der Waals surface area contributed by atoms with E-state index in [1.165, 1.54) is 25.7 Å². The maximum absolute atomic E-state index is 10.5. The molecule has 1 aromatic rings. The van der Waals surface area contributed by atoms with Crippen molar-refractivity contribution in [2.24, 2.45) is 11.8 Å². The van der Waals surface area contributed by atoms with E-state index in [4.69, 9.17) is 4.42 Å². The van der Waals surface area contributed by atoms with Gasteiger partial charge in [-0.2, -0.15) is 0 Å². The molecule has 100 valence electrons. The Morgan fingerprint density at radius 1 is 1.33 bits per heavy atom. The molecule has 2 aliphatic rings. The van der Waals surface area contributed by atoms with Crippen LogP contribution in [0.25, 0.3) is 0 Å². The molecule has 3 heteroatoms. The molecule has 1 heterocycles. The molecular weight excluding hydrogens is 226 g/mol. The lowest BCUT2D eigenvalue weighted by molar-refractivity contribution is 0.0293. The lowest BCUT2D eigenvalue weighted by Crippen LogP contribution is -2.42. The first-order chi connectivity index (χ1) is 8.56. The Morgan fingerprint density at radius 3 is 2.39 bits per heavy atom. The van der Waals surface area contributed by atoms with Crippen LogP contribution in [0.4, 0.5) is 0 Å². The molecule has 3 rings (SSSR count). The number of furan rings is 1. The zero-order valence-electron chi connectivity index (χ0n) is 11.3. The van der Waals surface area contributed by atoms with Crippen LogP contribution >= 0.6 is 0 Å². The first-order valence-electron chi connectivity index (χ1n) is 7.09. The van der Waals surface area contributed by atoms with Crippen LogP contribution in [-0.4, -0.2) is 17.7 Å². The second-order valence-corrected chi connectivity index (χ2v) is 6.27. The van der Waals surface area contributed by atoms with Crippen molar-refractivity contribution in [1.82, 2.24) is 5.32 Å². The molecule has 3 nitrogen and oxygen atoms in total. The lowest BCUT2D eigenvalue weighted by atomic mass is 10.0. The monoisotopic (exact) mass is 249 g/mol. The Hall–Kier alpha value is -0.800. The summed E-state index contributed by atoms with van der Waals surface area (Å²) in [5.74, 6) is 3.22. The molecule has 0 aliphatic heterocycles. The topological polar surface area (TPSA) is 45.4 Å². The highest BCUT2D eigenvalue weighted by molar-refractivity contribution is 5.13. The van der Waals surface area contributed by atoms with Crippen LogP contribution in [0.5, 0.6) is 0 Å². The molecule has 2 aliphatic carbocycles. The number of rotatable bonds is 6.